The Kier molecular flexibility index (Phi) is 3.33. The molecule has 13 heavy (non-hydrogen) atoms. The molecule has 1 aromatic rings. The molecule has 70 valence electrons. The molecule has 0 spiro atoms. The summed E-state index contributed by atoms with van der Waals surface area (Å²) in [5, 5.41) is 0.470. The molecule has 0 bridgehead atoms. The summed E-state index contributed by atoms with van der Waals surface area (Å²) in [5.74, 6) is 0. The molecule has 0 saturated heterocycles. The van der Waals surface area contributed by atoms with Gasteiger partial charge in [0.2, 0.25) is 0 Å². The third kappa shape index (κ3) is 2.47. The molecule has 0 fully saturated rings. The van der Waals surface area contributed by atoms with Crippen LogP contribution in [-0.4, -0.2) is 11.5 Å². The molecule has 0 amide bonds. The second kappa shape index (κ2) is 4.30. The van der Waals surface area contributed by atoms with Gasteiger partial charge in [0.05, 0.1) is 10.7 Å². The lowest BCUT2D eigenvalue weighted by Crippen LogP contribution is -1.99. The number of hydrogen-bond acceptors (Lipinski definition) is 4. The minimum absolute atomic E-state index is 0.0346. The summed E-state index contributed by atoms with van der Waals surface area (Å²) in [6, 6.07) is 1.42. The van der Waals surface area contributed by atoms with Crippen LogP contribution in [0.15, 0.2) is 6.07 Å². The second-order valence-electron chi connectivity index (χ2n) is 2.20. The van der Waals surface area contributed by atoms with Gasteiger partial charge in [0.25, 0.3) is 6.47 Å². The van der Waals surface area contributed by atoms with Gasteiger partial charge in [-0.25, -0.2) is 4.98 Å². The van der Waals surface area contributed by atoms with Gasteiger partial charge in [-0.3, -0.25) is 4.79 Å². The number of carbonyl (C=O) groups is 1. The average Bonchev–Trinajstić information content (AvgIpc) is 2.09. The first-order chi connectivity index (χ1) is 6.15. The van der Waals surface area contributed by atoms with E-state index in [2.05, 4.69) is 9.72 Å². The van der Waals surface area contributed by atoms with Crippen molar-refractivity contribution in [2.75, 3.05) is 5.73 Å². The number of nitrogen functional groups attached to an aromatic ring is 1. The molecular weight excluding hydrogens is 215 g/mol. The zero-order chi connectivity index (χ0) is 9.84. The highest BCUT2D eigenvalue weighted by Crippen LogP contribution is 2.25. The summed E-state index contributed by atoms with van der Waals surface area (Å²) in [5.41, 5.74) is 6.15. The van der Waals surface area contributed by atoms with Crippen LogP contribution in [-0.2, 0) is 16.1 Å². The van der Waals surface area contributed by atoms with E-state index in [1.165, 1.54) is 6.07 Å². The van der Waals surface area contributed by atoms with Gasteiger partial charge in [-0.05, 0) is 6.07 Å². The molecule has 0 atom stereocenters. The van der Waals surface area contributed by atoms with Crippen LogP contribution in [0.25, 0.3) is 0 Å². The zero-order valence-electron chi connectivity index (χ0n) is 6.46. The third-order valence-electron chi connectivity index (χ3n) is 1.31. The smallest absolute Gasteiger partial charge is 0.293 e. The molecular formula is C7H6Cl2N2O2. The van der Waals surface area contributed by atoms with E-state index in [1.807, 2.05) is 0 Å². The van der Waals surface area contributed by atoms with E-state index in [9.17, 15) is 4.79 Å². The van der Waals surface area contributed by atoms with Crippen LogP contribution >= 0.6 is 23.2 Å². The van der Waals surface area contributed by atoms with Gasteiger partial charge in [-0.15, -0.1) is 0 Å². The fraction of sp³-hybridized carbons (Fsp3) is 0.143. The van der Waals surface area contributed by atoms with Crippen LogP contribution in [0, 0.1) is 0 Å². The average molecular weight is 221 g/mol. The first kappa shape index (κ1) is 10.1. The first-order valence-electron chi connectivity index (χ1n) is 3.30. The number of anilines is 1. The van der Waals surface area contributed by atoms with Gasteiger partial charge < -0.3 is 10.5 Å². The van der Waals surface area contributed by atoms with Crippen LogP contribution < -0.4 is 5.73 Å². The van der Waals surface area contributed by atoms with Gasteiger partial charge >= 0.3 is 0 Å². The van der Waals surface area contributed by atoms with E-state index >= 15 is 0 Å². The molecule has 1 rings (SSSR count). The Morgan fingerprint density at radius 2 is 2.31 bits per heavy atom. The Balaban J connectivity index is 2.98. The second-order valence-corrected chi connectivity index (χ2v) is 2.97. The number of nitrogens with zero attached hydrogens (tertiary/aromatic N) is 1. The van der Waals surface area contributed by atoms with Gasteiger partial charge in [-0.2, -0.15) is 0 Å². The zero-order valence-corrected chi connectivity index (χ0v) is 7.97. The molecule has 0 aliphatic carbocycles. The Morgan fingerprint density at radius 1 is 1.62 bits per heavy atom. The number of pyridine rings is 1. The molecule has 2 N–H and O–H groups in total. The predicted molar refractivity (Wildman–Crippen MR) is 49.5 cm³/mol. The predicted octanol–water partition coefficient (Wildman–Crippen LogP) is 1.64. The molecule has 1 aromatic heterocycles. The molecule has 0 aliphatic heterocycles. The van der Waals surface area contributed by atoms with Gasteiger partial charge in [0.15, 0.2) is 0 Å². The fourth-order valence-corrected chi connectivity index (χ4v) is 1.15. The van der Waals surface area contributed by atoms with Gasteiger partial charge in [0, 0.05) is 0 Å². The summed E-state index contributed by atoms with van der Waals surface area (Å²) in [6.45, 7) is 0.266. The number of hydrogen-bond donors (Lipinski definition) is 1. The minimum atomic E-state index is -0.0346. The molecule has 6 heteroatoms. The van der Waals surface area contributed by atoms with E-state index in [0.29, 0.717) is 17.9 Å². The summed E-state index contributed by atoms with van der Waals surface area (Å²) in [4.78, 5) is 13.7. The summed E-state index contributed by atoms with van der Waals surface area (Å²) in [7, 11) is 0. The van der Waals surface area contributed by atoms with E-state index in [-0.39, 0.29) is 16.8 Å². The Hall–Kier alpha value is -1.00. The largest absolute Gasteiger partial charge is 0.461 e. The van der Waals surface area contributed by atoms with Crippen LogP contribution in [0.1, 0.15) is 5.69 Å². The molecule has 0 saturated carbocycles. The number of carbonyl (C=O) groups excluding carboxylic acids is 1. The highest BCUT2D eigenvalue weighted by molar-refractivity contribution is 6.35. The summed E-state index contributed by atoms with van der Waals surface area (Å²) < 4.78 is 4.47. The maximum Gasteiger partial charge on any atom is 0.293 e. The minimum Gasteiger partial charge on any atom is -0.461 e. The van der Waals surface area contributed by atoms with Crippen molar-refractivity contribution in [1.82, 2.24) is 4.98 Å². The normalized spacial score (nSPS) is 9.69. The van der Waals surface area contributed by atoms with Crippen LogP contribution in [0.3, 0.4) is 0 Å². The number of aromatic nitrogens is 1. The van der Waals surface area contributed by atoms with Crippen LogP contribution in [0.5, 0.6) is 0 Å². The quantitative estimate of drug-likeness (QED) is 0.622. The molecule has 0 unspecified atom stereocenters. The molecule has 0 radical (unpaired) electrons. The molecule has 4 nitrogen and oxygen atoms in total. The van der Waals surface area contributed by atoms with Gasteiger partial charge in [-0.1, -0.05) is 23.2 Å². The highest BCUT2D eigenvalue weighted by atomic mass is 35.5. The third-order valence-corrected chi connectivity index (χ3v) is 1.94. The van der Waals surface area contributed by atoms with E-state index in [4.69, 9.17) is 28.9 Å². The molecule has 1 heterocycles. The van der Waals surface area contributed by atoms with E-state index < -0.39 is 0 Å². The summed E-state index contributed by atoms with van der Waals surface area (Å²) >= 11 is 11.4. The van der Waals surface area contributed by atoms with E-state index in [0.717, 1.165) is 0 Å². The number of halogens is 2. The van der Waals surface area contributed by atoms with Crippen molar-refractivity contribution < 1.29 is 9.53 Å². The lowest BCUT2D eigenvalue weighted by atomic mass is 10.3. The number of nitrogens with two attached hydrogens (primary N) is 1. The Morgan fingerprint density at radius 3 is 2.92 bits per heavy atom. The Labute approximate surface area is 84.6 Å². The lowest BCUT2D eigenvalue weighted by Gasteiger charge is -2.04. The van der Waals surface area contributed by atoms with Crippen molar-refractivity contribution >= 4 is 35.4 Å². The standard InChI is InChI=1S/C7H6Cl2N2O2/c8-6-1-4(10)7(9)5(11-6)2-13-3-12/h1,3H,2H2,(H2,10,11). The van der Waals surface area contributed by atoms with Crippen molar-refractivity contribution in [2.24, 2.45) is 0 Å². The van der Waals surface area contributed by atoms with Crippen molar-refractivity contribution in [3.8, 4) is 0 Å². The SMILES string of the molecule is Nc1cc(Cl)nc(COC=O)c1Cl. The van der Waals surface area contributed by atoms with Crippen molar-refractivity contribution in [2.45, 2.75) is 6.61 Å². The van der Waals surface area contributed by atoms with Crippen molar-refractivity contribution in [1.29, 1.82) is 0 Å². The highest BCUT2D eigenvalue weighted by Gasteiger charge is 2.07. The maximum atomic E-state index is 9.90. The topological polar surface area (TPSA) is 65.2 Å². The van der Waals surface area contributed by atoms with Crippen LogP contribution in [0.4, 0.5) is 5.69 Å². The van der Waals surface area contributed by atoms with Crippen LogP contribution in [0.2, 0.25) is 10.2 Å². The fourth-order valence-electron chi connectivity index (χ4n) is 0.777. The first-order valence-corrected chi connectivity index (χ1v) is 4.06. The van der Waals surface area contributed by atoms with E-state index in [1.54, 1.807) is 0 Å². The molecule has 0 aromatic carbocycles. The summed E-state index contributed by atoms with van der Waals surface area (Å²) in [6.07, 6.45) is 0. The Bertz CT molecular complexity index is 331. The van der Waals surface area contributed by atoms with Gasteiger partial charge in [0.1, 0.15) is 17.5 Å². The monoisotopic (exact) mass is 220 g/mol. The number of rotatable bonds is 3. The molecule has 0 aliphatic rings. The lowest BCUT2D eigenvalue weighted by molar-refractivity contribution is -0.129. The maximum absolute atomic E-state index is 9.90. The number of ether oxygens (including phenoxy) is 1. The van der Waals surface area contributed by atoms with Crippen molar-refractivity contribution in [3.05, 3.63) is 21.9 Å². The van der Waals surface area contributed by atoms with Crippen molar-refractivity contribution in [3.63, 3.8) is 0 Å².